The molecule has 126 valence electrons. The van der Waals surface area contributed by atoms with Crippen molar-refractivity contribution in [3.8, 4) is 6.07 Å². The first-order chi connectivity index (χ1) is 11.6. The molecule has 1 aromatic carbocycles. The molecule has 2 aromatic rings. The van der Waals surface area contributed by atoms with Crippen LogP contribution in [-0.4, -0.2) is 47.2 Å². The van der Waals surface area contributed by atoms with Crippen molar-refractivity contribution in [2.45, 2.75) is 13.8 Å². The summed E-state index contributed by atoms with van der Waals surface area (Å²) in [5.74, 6) is 0.187. The number of aliphatic hydroxyl groups is 1. The van der Waals surface area contributed by atoms with Crippen LogP contribution in [-0.2, 0) is 4.79 Å². The number of H-pyrrole nitrogens is 1. The molecule has 1 atom stereocenters. The molecule has 7 nitrogen and oxygen atoms in total. The molecular weight excluding hydrogens is 306 g/mol. The van der Waals surface area contributed by atoms with Crippen molar-refractivity contribution in [1.29, 1.82) is 5.26 Å². The van der Waals surface area contributed by atoms with Gasteiger partial charge in [-0.25, -0.2) is 4.98 Å². The summed E-state index contributed by atoms with van der Waals surface area (Å²) < 4.78 is 0. The van der Waals surface area contributed by atoms with Gasteiger partial charge in [-0.2, -0.15) is 5.26 Å². The molecule has 0 aliphatic rings. The summed E-state index contributed by atoms with van der Waals surface area (Å²) in [5, 5.41) is 22.5. The number of nitrogens with one attached hydrogen (secondary N) is 3. The molecule has 1 heterocycles. The van der Waals surface area contributed by atoms with E-state index < -0.39 is 0 Å². The van der Waals surface area contributed by atoms with E-state index in [-0.39, 0.29) is 30.3 Å². The van der Waals surface area contributed by atoms with E-state index in [2.05, 4.69) is 15.3 Å². The lowest BCUT2D eigenvalue weighted by molar-refractivity contribution is -0.886. The van der Waals surface area contributed by atoms with Crippen molar-refractivity contribution >= 4 is 22.5 Å². The first-order valence-corrected chi connectivity index (χ1v) is 7.96. The standard InChI is InChI=1S/C17H21N5O2/c1-3-19-16(24)11-22(4-2)10-15(23)12(9-18)17-20-13-7-5-6-8-14(13)21-17/h5-8,23H,3-4,10-11H2,1-2H3,(H,19,24)(H,20,21)/p+1/b15-12-. The second kappa shape index (κ2) is 8.13. The van der Waals surface area contributed by atoms with Crippen LogP contribution >= 0.6 is 0 Å². The molecule has 0 aliphatic heterocycles. The Kier molecular flexibility index (Phi) is 5.93. The Morgan fingerprint density at radius 2 is 2.12 bits per heavy atom. The largest absolute Gasteiger partial charge is 0.506 e. The minimum atomic E-state index is -0.0793. The number of benzene rings is 1. The van der Waals surface area contributed by atoms with Crippen molar-refractivity contribution in [2.24, 2.45) is 0 Å². The van der Waals surface area contributed by atoms with Crippen molar-refractivity contribution in [1.82, 2.24) is 15.3 Å². The molecule has 0 saturated heterocycles. The van der Waals surface area contributed by atoms with Crippen LogP contribution in [0.3, 0.4) is 0 Å². The molecule has 0 spiro atoms. The van der Waals surface area contributed by atoms with Gasteiger partial charge in [-0.15, -0.1) is 0 Å². The fraction of sp³-hybridized carbons (Fsp3) is 0.353. The number of quaternary nitrogens is 1. The average Bonchev–Trinajstić information content (AvgIpc) is 2.98. The summed E-state index contributed by atoms with van der Waals surface area (Å²) in [6.45, 7) is 5.44. The number of rotatable bonds is 7. The maximum atomic E-state index is 11.7. The van der Waals surface area contributed by atoms with Crippen LogP contribution in [0.5, 0.6) is 0 Å². The second-order valence-corrected chi connectivity index (χ2v) is 5.45. The first-order valence-electron chi connectivity index (χ1n) is 7.96. The fourth-order valence-corrected chi connectivity index (χ4v) is 2.45. The number of hydrogen-bond acceptors (Lipinski definition) is 4. The number of imidazole rings is 1. The summed E-state index contributed by atoms with van der Waals surface area (Å²) in [6, 6.07) is 9.43. The Bertz CT molecular complexity index is 755. The lowest BCUT2D eigenvalue weighted by Gasteiger charge is -2.16. The van der Waals surface area contributed by atoms with Gasteiger partial charge in [-0.1, -0.05) is 12.1 Å². The van der Waals surface area contributed by atoms with Crippen LogP contribution in [0.2, 0.25) is 0 Å². The second-order valence-electron chi connectivity index (χ2n) is 5.45. The van der Waals surface area contributed by atoms with Crippen LogP contribution in [0.25, 0.3) is 16.6 Å². The Morgan fingerprint density at radius 1 is 1.38 bits per heavy atom. The highest BCUT2D eigenvalue weighted by Gasteiger charge is 2.19. The van der Waals surface area contributed by atoms with Gasteiger partial charge in [0, 0.05) is 6.54 Å². The third kappa shape index (κ3) is 4.12. The highest BCUT2D eigenvalue weighted by molar-refractivity contribution is 5.82. The van der Waals surface area contributed by atoms with Gasteiger partial charge in [-0.3, -0.25) is 4.79 Å². The van der Waals surface area contributed by atoms with Gasteiger partial charge in [0.25, 0.3) is 5.91 Å². The quantitative estimate of drug-likeness (QED) is 0.436. The summed E-state index contributed by atoms with van der Waals surface area (Å²) >= 11 is 0. The summed E-state index contributed by atoms with van der Waals surface area (Å²) in [5.41, 5.74) is 1.64. The fourth-order valence-electron chi connectivity index (χ4n) is 2.45. The summed E-state index contributed by atoms with van der Waals surface area (Å²) in [7, 11) is 0. The van der Waals surface area contributed by atoms with Gasteiger partial charge in [0.2, 0.25) is 0 Å². The van der Waals surface area contributed by atoms with Crippen molar-refractivity contribution in [2.75, 3.05) is 26.2 Å². The SMILES string of the molecule is CCNC(=O)C[NH+](CC)C/C(O)=C(\C#N)c1nc2ccccc2[nH]1. The third-order valence-corrected chi connectivity index (χ3v) is 3.73. The van der Waals surface area contributed by atoms with Crippen LogP contribution in [0.1, 0.15) is 19.7 Å². The highest BCUT2D eigenvalue weighted by Crippen LogP contribution is 2.17. The Labute approximate surface area is 140 Å². The van der Waals surface area contributed by atoms with Gasteiger partial charge in [-0.05, 0) is 26.0 Å². The zero-order valence-electron chi connectivity index (χ0n) is 13.9. The molecule has 0 fully saturated rings. The number of nitrogens with zero attached hydrogens (tertiary/aromatic N) is 2. The number of allylic oxidation sites excluding steroid dienone is 1. The zero-order valence-corrected chi connectivity index (χ0v) is 13.9. The average molecular weight is 328 g/mol. The number of aromatic amines is 1. The number of fused-ring (bicyclic) bond motifs is 1. The van der Waals surface area contributed by atoms with E-state index in [1.165, 1.54) is 0 Å². The molecule has 0 saturated carbocycles. The molecule has 0 radical (unpaired) electrons. The molecular formula is C17H22N5O2+. The number of para-hydroxylation sites is 2. The molecule has 1 unspecified atom stereocenters. The monoisotopic (exact) mass is 328 g/mol. The Balaban J connectivity index is 2.22. The smallest absolute Gasteiger partial charge is 0.275 e. The molecule has 0 aliphatic carbocycles. The van der Waals surface area contributed by atoms with Crippen LogP contribution < -0.4 is 10.2 Å². The number of nitriles is 1. The zero-order chi connectivity index (χ0) is 17.5. The van der Waals surface area contributed by atoms with E-state index in [1.807, 2.05) is 44.2 Å². The lowest BCUT2D eigenvalue weighted by atomic mass is 10.2. The maximum Gasteiger partial charge on any atom is 0.275 e. The number of hydrogen-bond donors (Lipinski definition) is 4. The normalized spacial score (nSPS) is 13.2. The topological polar surface area (TPSA) is 106 Å². The molecule has 1 amide bonds. The highest BCUT2D eigenvalue weighted by atomic mass is 16.3. The lowest BCUT2D eigenvalue weighted by Crippen LogP contribution is -3.13. The van der Waals surface area contributed by atoms with Gasteiger partial charge >= 0.3 is 0 Å². The van der Waals surface area contributed by atoms with Crippen molar-refractivity contribution in [3.05, 3.63) is 35.8 Å². The van der Waals surface area contributed by atoms with Crippen LogP contribution in [0.15, 0.2) is 30.0 Å². The van der Waals surface area contributed by atoms with Gasteiger partial charge in [0.05, 0.1) is 17.6 Å². The van der Waals surface area contributed by atoms with E-state index in [4.69, 9.17) is 0 Å². The number of aromatic nitrogens is 2. The molecule has 24 heavy (non-hydrogen) atoms. The van der Waals surface area contributed by atoms with E-state index in [1.54, 1.807) is 0 Å². The predicted molar refractivity (Wildman–Crippen MR) is 91.2 cm³/mol. The molecule has 7 heteroatoms. The number of aliphatic hydroxyl groups excluding tert-OH is 1. The maximum absolute atomic E-state index is 11.7. The van der Waals surface area contributed by atoms with E-state index in [0.717, 1.165) is 15.9 Å². The predicted octanol–water partition coefficient (Wildman–Crippen LogP) is 0.396. The van der Waals surface area contributed by atoms with E-state index >= 15 is 0 Å². The van der Waals surface area contributed by atoms with E-state index in [9.17, 15) is 15.2 Å². The minimum Gasteiger partial charge on any atom is -0.506 e. The summed E-state index contributed by atoms with van der Waals surface area (Å²) in [6.07, 6.45) is 0. The number of amides is 1. The van der Waals surface area contributed by atoms with Crippen LogP contribution in [0, 0.1) is 11.3 Å². The van der Waals surface area contributed by atoms with Crippen LogP contribution in [0.4, 0.5) is 0 Å². The Morgan fingerprint density at radius 3 is 2.75 bits per heavy atom. The summed E-state index contributed by atoms with van der Waals surface area (Å²) in [4.78, 5) is 20.0. The third-order valence-electron chi connectivity index (χ3n) is 3.73. The number of carbonyl (C=O) groups excluding carboxylic acids is 1. The van der Waals surface area contributed by atoms with Gasteiger partial charge in [0.15, 0.2) is 18.1 Å². The van der Waals surface area contributed by atoms with Crippen molar-refractivity contribution < 1.29 is 14.8 Å². The minimum absolute atomic E-state index is 0.0716. The van der Waals surface area contributed by atoms with Gasteiger partial charge < -0.3 is 20.3 Å². The molecule has 0 bridgehead atoms. The molecule has 4 N–H and O–H groups in total. The number of carbonyl (C=O) groups is 1. The first kappa shape index (κ1) is 17.5. The molecule has 2 rings (SSSR count). The van der Waals surface area contributed by atoms with Gasteiger partial charge in [0.1, 0.15) is 18.2 Å². The van der Waals surface area contributed by atoms with Crippen molar-refractivity contribution in [3.63, 3.8) is 0 Å². The number of likely N-dealkylation sites (N-methyl/N-ethyl adjacent to an activating group) is 2. The Hall–Kier alpha value is -2.85. The molecule has 1 aromatic heterocycles. The van der Waals surface area contributed by atoms with E-state index in [0.29, 0.717) is 18.9 Å².